The van der Waals surface area contributed by atoms with Crippen LogP contribution >= 0.6 is 0 Å². The van der Waals surface area contributed by atoms with Crippen molar-refractivity contribution in [3.8, 4) is 0 Å². The van der Waals surface area contributed by atoms with Crippen LogP contribution in [0.25, 0.3) is 0 Å². The van der Waals surface area contributed by atoms with Gasteiger partial charge >= 0.3 is 0 Å². The maximum atomic E-state index is 13.1. The van der Waals surface area contributed by atoms with Crippen LogP contribution in [0.4, 0.5) is 4.39 Å². The van der Waals surface area contributed by atoms with Gasteiger partial charge in [-0.3, -0.25) is 4.79 Å². The Morgan fingerprint density at radius 2 is 2.21 bits per heavy atom. The zero-order chi connectivity index (χ0) is 13.7. The van der Waals surface area contributed by atoms with Crippen LogP contribution in [0.1, 0.15) is 49.4 Å². The van der Waals surface area contributed by atoms with Gasteiger partial charge in [0.2, 0.25) is 0 Å². The van der Waals surface area contributed by atoms with Gasteiger partial charge in [-0.1, -0.05) is 25.0 Å². The summed E-state index contributed by atoms with van der Waals surface area (Å²) in [5, 5.41) is 0. The van der Waals surface area contributed by atoms with E-state index in [0.29, 0.717) is 18.0 Å². The Kier molecular flexibility index (Phi) is 5.08. The second-order valence-electron chi connectivity index (χ2n) is 5.42. The third-order valence-corrected chi connectivity index (χ3v) is 3.96. The lowest BCUT2D eigenvalue weighted by Gasteiger charge is -2.26. The number of halogens is 1. The fourth-order valence-electron chi connectivity index (χ4n) is 2.72. The number of hydrogen-bond acceptors (Lipinski definition) is 2. The van der Waals surface area contributed by atoms with Crippen LogP contribution in [0.5, 0.6) is 0 Å². The lowest BCUT2D eigenvalue weighted by molar-refractivity contribution is 0.0953. The van der Waals surface area contributed by atoms with Crippen molar-refractivity contribution >= 4 is 5.78 Å². The van der Waals surface area contributed by atoms with Gasteiger partial charge in [-0.2, -0.15) is 0 Å². The van der Waals surface area contributed by atoms with Gasteiger partial charge in [0.05, 0.1) is 0 Å². The molecule has 1 aromatic carbocycles. The second-order valence-corrected chi connectivity index (χ2v) is 5.42. The van der Waals surface area contributed by atoms with E-state index in [0.717, 1.165) is 13.1 Å². The number of rotatable bonds is 4. The maximum absolute atomic E-state index is 13.1. The van der Waals surface area contributed by atoms with Gasteiger partial charge in [0.15, 0.2) is 5.78 Å². The maximum Gasteiger partial charge on any atom is 0.164 e. The van der Waals surface area contributed by atoms with Gasteiger partial charge in [0, 0.05) is 24.6 Å². The normalized spacial score (nSPS) is 21.1. The monoisotopic (exact) mass is 263 g/mol. The number of carbonyl (C=O) groups excluding carboxylic acids is 1. The zero-order valence-corrected chi connectivity index (χ0v) is 11.6. The predicted molar refractivity (Wildman–Crippen MR) is 74.9 cm³/mol. The molecule has 1 aliphatic rings. The molecule has 0 spiro atoms. The van der Waals surface area contributed by atoms with Crippen LogP contribution in [-0.4, -0.2) is 29.8 Å². The minimum Gasteiger partial charge on any atom is -0.300 e. The molecule has 0 radical (unpaired) electrons. The number of hydrogen-bond donors (Lipinski definition) is 0. The quantitative estimate of drug-likeness (QED) is 0.773. The minimum atomic E-state index is -0.339. The molecule has 2 nitrogen and oxygen atoms in total. The first-order chi connectivity index (χ1) is 9.16. The average Bonchev–Trinajstić information content (AvgIpc) is 2.61. The summed E-state index contributed by atoms with van der Waals surface area (Å²) < 4.78 is 13.1. The van der Waals surface area contributed by atoms with Gasteiger partial charge in [-0.05, 0) is 38.4 Å². The van der Waals surface area contributed by atoms with Crippen LogP contribution < -0.4 is 0 Å². The van der Waals surface area contributed by atoms with Gasteiger partial charge in [-0.15, -0.1) is 0 Å². The number of ketones is 1. The topological polar surface area (TPSA) is 20.3 Å². The van der Waals surface area contributed by atoms with Crippen LogP contribution in [0.3, 0.4) is 0 Å². The van der Waals surface area contributed by atoms with Crippen molar-refractivity contribution in [2.24, 2.45) is 0 Å². The van der Waals surface area contributed by atoms with E-state index in [1.54, 1.807) is 12.1 Å². The molecule has 0 N–H and O–H groups in total. The summed E-state index contributed by atoms with van der Waals surface area (Å²) in [6.45, 7) is 4.10. The molecule has 19 heavy (non-hydrogen) atoms. The lowest BCUT2D eigenvalue weighted by atomic mass is 10.1. The third-order valence-electron chi connectivity index (χ3n) is 3.96. The molecule has 104 valence electrons. The highest BCUT2D eigenvalue weighted by Crippen LogP contribution is 2.17. The Bertz CT molecular complexity index is 433. The largest absolute Gasteiger partial charge is 0.300 e. The molecule has 3 heteroatoms. The number of nitrogens with zero attached hydrogens (tertiary/aromatic N) is 1. The molecule has 1 unspecified atom stereocenters. The highest BCUT2D eigenvalue weighted by Gasteiger charge is 2.17. The average molecular weight is 263 g/mol. The minimum absolute atomic E-state index is 0.0379. The molecule has 0 aliphatic carbocycles. The standard InChI is InChI=1S/C16H22FNO/c1-13-6-3-2-4-10-18(13)11-9-16(19)14-7-5-8-15(17)12-14/h5,7-8,12-13H,2-4,6,9-11H2,1H3. The van der Waals surface area contributed by atoms with E-state index >= 15 is 0 Å². The van der Waals surface area contributed by atoms with Crippen molar-refractivity contribution in [1.82, 2.24) is 4.90 Å². The fraction of sp³-hybridized carbons (Fsp3) is 0.562. The number of Topliss-reactive ketones (excluding diaryl/α,β-unsaturated/α-hetero) is 1. The van der Waals surface area contributed by atoms with Crippen molar-refractivity contribution in [3.63, 3.8) is 0 Å². The highest BCUT2D eigenvalue weighted by atomic mass is 19.1. The van der Waals surface area contributed by atoms with E-state index in [1.165, 1.54) is 37.8 Å². The molecular formula is C16H22FNO. The van der Waals surface area contributed by atoms with Gasteiger partial charge in [0.1, 0.15) is 5.82 Å². The summed E-state index contributed by atoms with van der Waals surface area (Å²) >= 11 is 0. The molecule has 0 saturated carbocycles. The highest BCUT2D eigenvalue weighted by molar-refractivity contribution is 5.96. The summed E-state index contributed by atoms with van der Waals surface area (Å²) in [4.78, 5) is 14.4. The van der Waals surface area contributed by atoms with Gasteiger partial charge in [-0.25, -0.2) is 4.39 Å². The molecule has 1 heterocycles. The number of likely N-dealkylation sites (tertiary alicyclic amines) is 1. The Labute approximate surface area is 114 Å². The van der Waals surface area contributed by atoms with Crippen molar-refractivity contribution in [3.05, 3.63) is 35.6 Å². The Morgan fingerprint density at radius 3 is 3.00 bits per heavy atom. The van der Waals surface area contributed by atoms with E-state index < -0.39 is 0 Å². The molecule has 1 atom stereocenters. The summed E-state index contributed by atoms with van der Waals surface area (Å²) in [5.41, 5.74) is 0.488. The SMILES string of the molecule is CC1CCCCCN1CCC(=O)c1cccc(F)c1. The zero-order valence-electron chi connectivity index (χ0n) is 11.6. The van der Waals surface area contributed by atoms with Gasteiger partial charge < -0.3 is 4.90 Å². The van der Waals surface area contributed by atoms with Crippen molar-refractivity contribution < 1.29 is 9.18 Å². The fourth-order valence-corrected chi connectivity index (χ4v) is 2.72. The van der Waals surface area contributed by atoms with E-state index in [1.807, 2.05) is 0 Å². The molecule has 1 saturated heterocycles. The molecule has 2 rings (SSSR count). The summed E-state index contributed by atoms with van der Waals surface area (Å²) in [6.07, 6.45) is 5.49. The van der Waals surface area contributed by atoms with E-state index in [4.69, 9.17) is 0 Å². The molecule has 0 aromatic heterocycles. The first-order valence-corrected chi connectivity index (χ1v) is 7.19. The van der Waals surface area contributed by atoms with E-state index in [2.05, 4.69) is 11.8 Å². The van der Waals surface area contributed by atoms with Crippen molar-refractivity contribution in [2.45, 2.75) is 45.1 Å². The van der Waals surface area contributed by atoms with Crippen molar-refractivity contribution in [2.75, 3.05) is 13.1 Å². The smallest absolute Gasteiger partial charge is 0.164 e. The van der Waals surface area contributed by atoms with Gasteiger partial charge in [0.25, 0.3) is 0 Å². The Morgan fingerprint density at radius 1 is 1.37 bits per heavy atom. The molecule has 0 amide bonds. The lowest BCUT2D eigenvalue weighted by Crippen LogP contribution is -2.34. The van der Waals surface area contributed by atoms with Crippen molar-refractivity contribution in [1.29, 1.82) is 0 Å². The molecule has 1 aliphatic heterocycles. The molecular weight excluding hydrogens is 241 g/mol. The van der Waals surface area contributed by atoms with Crippen LogP contribution in [0.15, 0.2) is 24.3 Å². The summed E-state index contributed by atoms with van der Waals surface area (Å²) in [6, 6.07) is 6.54. The number of benzene rings is 1. The second kappa shape index (κ2) is 6.80. The van der Waals surface area contributed by atoms with Crippen LogP contribution in [0, 0.1) is 5.82 Å². The summed E-state index contributed by atoms with van der Waals surface area (Å²) in [7, 11) is 0. The Balaban J connectivity index is 1.89. The first-order valence-electron chi connectivity index (χ1n) is 7.19. The molecule has 1 aromatic rings. The Hall–Kier alpha value is -1.22. The first kappa shape index (κ1) is 14.2. The number of carbonyl (C=O) groups is 1. The third kappa shape index (κ3) is 4.13. The van der Waals surface area contributed by atoms with E-state index in [9.17, 15) is 9.18 Å². The predicted octanol–water partition coefficient (Wildman–Crippen LogP) is 3.66. The van der Waals surface area contributed by atoms with E-state index in [-0.39, 0.29) is 11.6 Å². The molecule has 0 bridgehead atoms. The van der Waals surface area contributed by atoms with Crippen LogP contribution in [-0.2, 0) is 0 Å². The summed E-state index contributed by atoms with van der Waals surface area (Å²) in [5.74, 6) is -0.301. The van der Waals surface area contributed by atoms with Crippen LogP contribution in [0.2, 0.25) is 0 Å². The molecule has 1 fully saturated rings.